The lowest BCUT2D eigenvalue weighted by Crippen LogP contribution is -2.47. The Bertz CT molecular complexity index is 468. The monoisotopic (exact) mass is 334 g/mol. The fourth-order valence-electron chi connectivity index (χ4n) is 3.05. The van der Waals surface area contributed by atoms with Crippen molar-refractivity contribution in [1.29, 1.82) is 0 Å². The summed E-state index contributed by atoms with van der Waals surface area (Å²) in [4.78, 5) is 10.9. The number of hydrogen-bond donors (Lipinski definition) is 1. The van der Waals surface area contributed by atoms with Crippen LogP contribution in [0.25, 0.3) is 0 Å². The molecule has 0 atom stereocenters. The van der Waals surface area contributed by atoms with E-state index < -0.39 is 22.1 Å². The molecule has 0 amide bonds. The van der Waals surface area contributed by atoms with Gasteiger partial charge in [0.05, 0.1) is 5.92 Å². The molecule has 0 spiro atoms. The summed E-state index contributed by atoms with van der Waals surface area (Å²) < 4.78 is 33.2. The molecule has 0 radical (unpaired) electrons. The van der Waals surface area contributed by atoms with E-state index in [0.29, 0.717) is 38.4 Å². The van der Waals surface area contributed by atoms with Crippen LogP contribution in [0.3, 0.4) is 0 Å². The Labute approximate surface area is 132 Å². The maximum absolute atomic E-state index is 12.5. The van der Waals surface area contributed by atoms with E-state index in [1.54, 1.807) is 7.05 Å². The predicted molar refractivity (Wildman–Crippen MR) is 81.6 cm³/mol. The van der Waals surface area contributed by atoms with Crippen molar-refractivity contribution in [3.8, 4) is 0 Å². The Balaban J connectivity index is 1.82. The molecule has 0 saturated carbocycles. The summed E-state index contributed by atoms with van der Waals surface area (Å²) in [5, 5.41) is 8.98. The number of carboxylic acid groups (broad SMARTS) is 1. The fraction of sp³-hybridized carbons (Fsp3) is 0.929. The summed E-state index contributed by atoms with van der Waals surface area (Å²) in [7, 11) is -1.86. The molecule has 2 heterocycles. The summed E-state index contributed by atoms with van der Waals surface area (Å²) >= 11 is 0. The molecule has 2 fully saturated rings. The second-order valence-corrected chi connectivity index (χ2v) is 8.22. The Morgan fingerprint density at radius 2 is 1.82 bits per heavy atom. The first-order valence-corrected chi connectivity index (χ1v) is 9.33. The number of rotatable bonds is 6. The maximum atomic E-state index is 12.5. The summed E-state index contributed by atoms with van der Waals surface area (Å²) in [6, 6.07) is 0. The Morgan fingerprint density at radius 1 is 1.23 bits per heavy atom. The van der Waals surface area contributed by atoms with Crippen molar-refractivity contribution in [1.82, 2.24) is 8.61 Å². The van der Waals surface area contributed by atoms with Crippen molar-refractivity contribution in [2.45, 2.75) is 32.1 Å². The number of hydrogen-bond acceptors (Lipinski definition) is 4. The molecule has 2 aliphatic rings. The van der Waals surface area contributed by atoms with Crippen LogP contribution in [0.5, 0.6) is 0 Å². The van der Waals surface area contributed by atoms with Crippen LogP contribution in [-0.2, 0) is 19.7 Å². The third kappa shape index (κ3) is 4.41. The molecule has 7 nitrogen and oxygen atoms in total. The molecule has 0 bridgehead atoms. The first-order valence-electron chi connectivity index (χ1n) is 7.93. The largest absolute Gasteiger partial charge is 0.481 e. The predicted octanol–water partition coefficient (Wildman–Crippen LogP) is 0.776. The first-order chi connectivity index (χ1) is 10.4. The van der Waals surface area contributed by atoms with Gasteiger partial charge in [0.1, 0.15) is 0 Å². The molecule has 2 saturated heterocycles. The van der Waals surface area contributed by atoms with Crippen LogP contribution in [0.1, 0.15) is 32.1 Å². The zero-order valence-corrected chi connectivity index (χ0v) is 13.9. The number of ether oxygens (including phenoxy) is 1. The van der Waals surface area contributed by atoms with Gasteiger partial charge in [0.15, 0.2) is 0 Å². The van der Waals surface area contributed by atoms with Gasteiger partial charge in [0, 0.05) is 39.9 Å². The van der Waals surface area contributed by atoms with Gasteiger partial charge in [-0.25, -0.2) is 0 Å². The molecule has 1 N–H and O–H groups in total. The highest BCUT2D eigenvalue weighted by Gasteiger charge is 2.33. The highest BCUT2D eigenvalue weighted by Crippen LogP contribution is 2.23. The van der Waals surface area contributed by atoms with Crippen molar-refractivity contribution in [3.05, 3.63) is 0 Å². The van der Waals surface area contributed by atoms with Gasteiger partial charge in [-0.3, -0.25) is 4.79 Å². The van der Waals surface area contributed by atoms with E-state index in [1.165, 1.54) is 8.61 Å². The number of piperidine rings is 1. The summed E-state index contributed by atoms with van der Waals surface area (Å²) in [5.74, 6) is -0.715. The lowest BCUT2D eigenvalue weighted by Gasteiger charge is -2.33. The van der Waals surface area contributed by atoms with Crippen molar-refractivity contribution in [3.63, 3.8) is 0 Å². The van der Waals surface area contributed by atoms with Gasteiger partial charge >= 0.3 is 5.97 Å². The molecule has 2 aliphatic heterocycles. The van der Waals surface area contributed by atoms with Gasteiger partial charge in [0.2, 0.25) is 0 Å². The van der Waals surface area contributed by atoms with E-state index in [1.807, 2.05) is 0 Å². The van der Waals surface area contributed by atoms with E-state index in [-0.39, 0.29) is 0 Å². The van der Waals surface area contributed by atoms with Gasteiger partial charge in [-0.1, -0.05) is 0 Å². The summed E-state index contributed by atoms with van der Waals surface area (Å²) in [6.45, 7) is 2.63. The first kappa shape index (κ1) is 17.7. The van der Waals surface area contributed by atoms with Crippen LogP contribution < -0.4 is 0 Å². The van der Waals surface area contributed by atoms with Gasteiger partial charge in [-0.05, 0) is 38.0 Å². The minimum atomic E-state index is -3.47. The average Bonchev–Trinajstić information content (AvgIpc) is 2.53. The fourth-order valence-corrected chi connectivity index (χ4v) is 4.45. The smallest absolute Gasteiger partial charge is 0.306 e. The molecule has 22 heavy (non-hydrogen) atoms. The van der Waals surface area contributed by atoms with Crippen molar-refractivity contribution >= 4 is 16.2 Å². The third-order valence-corrected chi connectivity index (χ3v) is 6.70. The van der Waals surface area contributed by atoms with E-state index in [9.17, 15) is 13.2 Å². The SMILES string of the molecule is CN(CCC1CCOCC1)S(=O)(=O)N1CCC(C(=O)O)CC1. The number of carboxylic acids is 1. The number of nitrogens with zero attached hydrogens (tertiary/aromatic N) is 2. The molecule has 0 aromatic rings. The van der Waals surface area contributed by atoms with Crippen molar-refractivity contribution in [2.24, 2.45) is 11.8 Å². The van der Waals surface area contributed by atoms with E-state index >= 15 is 0 Å². The second-order valence-electron chi connectivity index (χ2n) is 6.19. The molecule has 0 aliphatic carbocycles. The van der Waals surface area contributed by atoms with Gasteiger partial charge in [-0.2, -0.15) is 17.0 Å². The molecule has 8 heteroatoms. The normalized spacial score (nSPS) is 23.0. The molecular weight excluding hydrogens is 308 g/mol. The standard InChI is InChI=1S/C14H26N2O5S/c1-15(7-2-12-5-10-21-11-6-12)22(19,20)16-8-3-13(4-9-16)14(17)18/h12-13H,2-11H2,1H3,(H,17,18). The van der Waals surface area contributed by atoms with Crippen molar-refractivity contribution < 1.29 is 23.1 Å². The van der Waals surface area contributed by atoms with Gasteiger partial charge in [-0.15, -0.1) is 0 Å². The number of carbonyl (C=O) groups is 1. The third-order valence-electron chi connectivity index (χ3n) is 4.72. The molecule has 0 aromatic carbocycles. The van der Waals surface area contributed by atoms with Crippen molar-refractivity contribution in [2.75, 3.05) is 39.9 Å². The highest BCUT2D eigenvalue weighted by molar-refractivity contribution is 7.86. The molecule has 2 rings (SSSR count). The molecule has 0 unspecified atom stereocenters. The quantitative estimate of drug-likeness (QED) is 0.775. The Hall–Kier alpha value is -0.700. The van der Waals surface area contributed by atoms with Gasteiger partial charge < -0.3 is 9.84 Å². The zero-order valence-electron chi connectivity index (χ0n) is 13.1. The topological polar surface area (TPSA) is 87.2 Å². The Morgan fingerprint density at radius 3 is 2.36 bits per heavy atom. The van der Waals surface area contributed by atoms with Crippen LogP contribution in [0.4, 0.5) is 0 Å². The minimum absolute atomic E-state index is 0.293. The second kappa shape index (κ2) is 7.72. The molecule has 0 aromatic heterocycles. The van der Waals surface area contributed by atoms with Crippen LogP contribution in [0.2, 0.25) is 0 Å². The van der Waals surface area contributed by atoms with E-state index in [4.69, 9.17) is 9.84 Å². The molecular formula is C14H26N2O5S. The lowest BCUT2D eigenvalue weighted by molar-refractivity contribution is -0.142. The lowest BCUT2D eigenvalue weighted by atomic mass is 9.97. The van der Waals surface area contributed by atoms with Crippen LogP contribution >= 0.6 is 0 Å². The minimum Gasteiger partial charge on any atom is -0.481 e. The van der Waals surface area contributed by atoms with E-state index in [2.05, 4.69) is 0 Å². The number of aliphatic carboxylic acids is 1. The Kier molecular flexibility index (Phi) is 6.19. The van der Waals surface area contributed by atoms with Gasteiger partial charge in [0.25, 0.3) is 10.2 Å². The summed E-state index contributed by atoms with van der Waals surface area (Å²) in [6.07, 6.45) is 3.63. The zero-order chi connectivity index (χ0) is 16.2. The van der Waals surface area contributed by atoms with Crippen LogP contribution in [0.15, 0.2) is 0 Å². The van der Waals surface area contributed by atoms with E-state index in [0.717, 1.165) is 32.5 Å². The van der Waals surface area contributed by atoms with Crippen LogP contribution in [0, 0.1) is 11.8 Å². The average molecular weight is 334 g/mol. The molecule has 128 valence electrons. The highest BCUT2D eigenvalue weighted by atomic mass is 32.2. The summed E-state index contributed by atoms with van der Waals surface area (Å²) in [5.41, 5.74) is 0. The van der Waals surface area contributed by atoms with Crippen LogP contribution in [-0.4, -0.2) is 68.0 Å². The maximum Gasteiger partial charge on any atom is 0.306 e.